The van der Waals surface area contributed by atoms with E-state index in [-0.39, 0.29) is 11.7 Å². The maximum Gasteiger partial charge on any atom is 0.237 e. The minimum Gasteiger partial charge on any atom is -0.325 e. The first-order valence-corrected chi connectivity index (χ1v) is 8.36. The second-order valence-electron chi connectivity index (χ2n) is 5.45. The summed E-state index contributed by atoms with van der Waals surface area (Å²) in [7, 11) is 0. The number of aromatic nitrogens is 2. The molecule has 0 unspecified atom stereocenters. The fraction of sp³-hybridized carbons (Fsp3) is 0.167. The molecule has 1 amide bonds. The molecule has 0 saturated heterocycles. The van der Waals surface area contributed by atoms with Gasteiger partial charge in [-0.15, -0.1) is 5.10 Å². The second-order valence-corrected chi connectivity index (χ2v) is 6.78. The van der Waals surface area contributed by atoms with Crippen LogP contribution in [0.25, 0.3) is 10.8 Å². The Kier molecular flexibility index (Phi) is 4.76. The van der Waals surface area contributed by atoms with Gasteiger partial charge in [-0.25, -0.2) is 4.39 Å². The van der Waals surface area contributed by atoms with Crippen molar-refractivity contribution in [1.29, 1.82) is 0 Å². The first-order chi connectivity index (χ1) is 11.5. The number of nitrogens with zero attached hydrogens (tertiary/aromatic N) is 2. The molecular weight excluding hydrogens is 325 g/mol. The number of thioether (sulfide) groups is 1. The van der Waals surface area contributed by atoms with Crippen LogP contribution >= 0.6 is 11.8 Å². The van der Waals surface area contributed by atoms with Crippen LogP contribution in [0.4, 0.5) is 10.1 Å². The number of carbonyl (C=O) groups is 1. The Labute approximate surface area is 143 Å². The molecule has 0 radical (unpaired) electrons. The van der Waals surface area contributed by atoms with E-state index in [1.165, 1.54) is 17.8 Å². The lowest BCUT2D eigenvalue weighted by Crippen LogP contribution is -2.22. The van der Waals surface area contributed by atoms with Gasteiger partial charge in [0.2, 0.25) is 5.91 Å². The molecule has 1 atom stereocenters. The summed E-state index contributed by atoms with van der Waals surface area (Å²) < 4.78 is 13.6. The Morgan fingerprint density at radius 1 is 1.25 bits per heavy atom. The highest BCUT2D eigenvalue weighted by atomic mass is 32.2. The number of anilines is 1. The molecule has 1 N–H and O–H groups in total. The van der Waals surface area contributed by atoms with E-state index in [1.54, 1.807) is 32.2 Å². The molecule has 3 aromatic rings. The lowest BCUT2D eigenvalue weighted by molar-refractivity contribution is -0.115. The molecule has 24 heavy (non-hydrogen) atoms. The van der Waals surface area contributed by atoms with Crippen molar-refractivity contribution < 1.29 is 9.18 Å². The molecule has 122 valence electrons. The molecule has 0 spiro atoms. The molecule has 0 aliphatic heterocycles. The third kappa shape index (κ3) is 3.54. The largest absolute Gasteiger partial charge is 0.325 e. The van der Waals surface area contributed by atoms with Crippen LogP contribution in [0.15, 0.2) is 53.7 Å². The molecule has 0 aliphatic carbocycles. The van der Waals surface area contributed by atoms with Crippen molar-refractivity contribution in [3.05, 3.63) is 60.0 Å². The Hall–Kier alpha value is -2.47. The van der Waals surface area contributed by atoms with Crippen LogP contribution in [-0.4, -0.2) is 21.4 Å². The van der Waals surface area contributed by atoms with Crippen LogP contribution in [-0.2, 0) is 4.79 Å². The van der Waals surface area contributed by atoms with Crippen molar-refractivity contribution in [2.75, 3.05) is 5.32 Å². The molecule has 1 aromatic heterocycles. The van der Waals surface area contributed by atoms with Crippen LogP contribution in [0.5, 0.6) is 0 Å². The summed E-state index contributed by atoms with van der Waals surface area (Å²) in [6.07, 6.45) is 1.69. The number of nitrogens with one attached hydrogen (secondary N) is 1. The summed E-state index contributed by atoms with van der Waals surface area (Å²) >= 11 is 1.33. The van der Waals surface area contributed by atoms with Crippen LogP contribution in [0.3, 0.4) is 0 Å². The number of carbonyl (C=O) groups excluding carboxylic acids is 1. The highest BCUT2D eigenvalue weighted by Gasteiger charge is 2.17. The Morgan fingerprint density at radius 3 is 2.83 bits per heavy atom. The predicted octanol–water partition coefficient (Wildman–Crippen LogP) is 4.20. The smallest absolute Gasteiger partial charge is 0.237 e. The molecule has 0 saturated carbocycles. The standard InChI is InChI=1S/C18H16FN3OS/c1-11-7-8-14(9-16(11)19)21-17(23)12(2)24-18-15-6-4-3-5-13(15)10-20-22-18/h3-10,12H,1-2H3,(H,21,23)/t12-/m1/s1. The van der Waals surface area contributed by atoms with Crippen LogP contribution in [0, 0.1) is 12.7 Å². The number of fused-ring (bicyclic) bond motifs is 1. The van der Waals surface area contributed by atoms with Crippen LogP contribution < -0.4 is 5.32 Å². The quantitative estimate of drug-likeness (QED) is 0.723. The fourth-order valence-electron chi connectivity index (χ4n) is 2.22. The fourth-order valence-corrected chi connectivity index (χ4v) is 3.13. The molecule has 0 aliphatic rings. The van der Waals surface area contributed by atoms with Crippen LogP contribution in [0.1, 0.15) is 12.5 Å². The summed E-state index contributed by atoms with van der Waals surface area (Å²) in [4.78, 5) is 12.3. The summed E-state index contributed by atoms with van der Waals surface area (Å²) in [5, 5.41) is 13.1. The minimum absolute atomic E-state index is 0.210. The van der Waals surface area contributed by atoms with E-state index < -0.39 is 5.25 Å². The third-order valence-electron chi connectivity index (χ3n) is 3.63. The topological polar surface area (TPSA) is 54.9 Å². The Bertz CT molecular complexity index is 895. The zero-order valence-electron chi connectivity index (χ0n) is 13.3. The number of rotatable bonds is 4. The van der Waals surface area contributed by atoms with Crippen molar-refractivity contribution in [3.63, 3.8) is 0 Å². The molecule has 0 bridgehead atoms. The van der Waals surface area contributed by atoms with Gasteiger partial charge >= 0.3 is 0 Å². The van der Waals surface area contributed by atoms with Gasteiger partial charge in [0.1, 0.15) is 10.8 Å². The average Bonchev–Trinajstić information content (AvgIpc) is 2.58. The van der Waals surface area contributed by atoms with E-state index in [0.717, 1.165) is 10.8 Å². The number of aryl methyl sites for hydroxylation is 1. The zero-order valence-corrected chi connectivity index (χ0v) is 14.1. The first kappa shape index (κ1) is 16.4. The molecule has 6 heteroatoms. The Balaban J connectivity index is 1.75. The third-order valence-corrected chi connectivity index (χ3v) is 4.73. The summed E-state index contributed by atoms with van der Waals surface area (Å²) in [6, 6.07) is 12.4. The number of hydrogen-bond donors (Lipinski definition) is 1. The zero-order chi connectivity index (χ0) is 17.1. The van der Waals surface area contributed by atoms with E-state index in [0.29, 0.717) is 16.3 Å². The second kappa shape index (κ2) is 6.97. The predicted molar refractivity (Wildman–Crippen MR) is 94.6 cm³/mol. The Morgan fingerprint density at radius 2 is 2.04 bits per heavy atom. The van der Waals surface area contributed by atoms with Crippen LogP contribution in [0.2, 0.25) is 0 Å². The molecule has 3 rings (SSSR count). The summed E-state index contributed by atoms with van der Waals surface area (Å²) in [5.41, 5.74) is 0.987. The summed E-state index contributed by atoms with van der Waals surface area (Å²) in [5.74, 6) is -0.550. The minimum atomic E-state index is -0.394. The SMILES string of the molecule is Cc1ccc(NC(=O)[C@@H](C)Sc2nncc3ccccc23)cc1F. The molecule has 0 fully saturated rings. The number of amides is 1. The normalized spacial score (nSPS) is 12.1. The maximum absolute atomic E-state index is 13.6. The monoisotopic (exact) mass is 341 g/mol. The molecular formula is C18H16FN3OS. The highest BCUT2D eigenvalue weighted by Crippen LogP contribution is 2.28. The lowest BCUT2D eigenvalue weighted by Gasteiger charge is -2.12. The summed E-state index contributed by atoms with van der Waals surface area (Å²) in [6.45, 7) is 3.46. The number of benzene rings is 2. The van der Waals surface area contributed by atoms with Crippen molar-refractivity contribution >= 4 is 34.1 Å². The van der Waals surface area contributed by atoms with E-state index in [2.05, 4.69) is 15.5 Å². The molecule has 1 heterocycles. The van der Waals surface area contributed by atoms with Gasteiger partial charge in [-0.3, -0.25) is 4.79 Å². The highest BCUT2D eigenvalue weighted by molar-refractivity contribution is 8.00. The van der Waals surface area contributed by atoms with Gasteiger partial charge in [-0.05, 0) is 31.5 Å². The lowest BCUT2D eigenvalue weighted by atomic mass is 10.2. The van der Waals surface area contributed by atoms with Gasteiger partial charge in [0, 0.05) is 16.5 Å². The van der Waals surface area contributed by atoms with Gasteiger partial charge in [0.25, 0.3) is 0 Å². The molecule has 2 aromatic carbocycles. The molecule has 4 nitrogen and oxygen atoms in total. The van der Waals surface area contributed by atoms with Crippen molar-refractivity contribution in [1.82, 2.24) is 10.2 Å². The van der Waals surface area contributed by atoms with E-state index in [9.17, 15) is 9.18 Å². The van der Waals surface area contributed by atoms with E-state index >= 15 is 0 Å². The van der Waals surface area contributed by atoms with E-state index in [1.807, 2.05) is 24.3 Å². The van der Waals surface area contributed by atoms with Gasteiger partial charge in [-0.2, -0.15) is 5.10 Å². The van der Waals surface area contributed by atoms with Crippen molar-refractivity contribution in [3.8, 4) is 0 Å². The van der Waals surface area contributed by atoms with Crippen molar-refractivity contribution in [2.24, 2.45) is 0 Å². The average molecular weight is 341 g/mol. The maximum atomic E-state index is 13.6. The van der Waals surface area contributed by atoms with Gasteiger partial charge in [-0.1, -0.05) is 42.1 Å². The number of hydrogen-bond acceptors (Lipinski definition) is 4. The van der Waals surface area contributed by atoms with Crippen molar-refractivity contribution in [2.45, 2.75) is 24.1 Å². The van der Waals surface area contributed by atoms with Gasteiger partial charge < -0.3 is 5.32 Å². The van der Waals surface area contributed by atoms with Gasteiger partial charge in [0.05, 0.1) is 11.4 Å². The van der Waals surface area contributed by atoms with Gasteiger partial charge in [0.15, 0.2) is 0 Å². The number of halogens is 1. The first-order valence-electron chi connectivity index (χ1n) is 7.48. The van der Waals surface area contributed by atoms with E-state index in [4.69, 9.17) is 0 Å².